The predicted molar refractivity (Wildman–Crippen MR) is 58.0 cm³/mol. The molecular formula is C11H24N2. The molecule has 1 unspecified atom stereocenters. The molecule has 13 heavy (non-hydrogen) atoms. The third-order valence-corrected chi connectivity index (χ3v) is 3.13. The first-order valence-corrected chi connectivity index (χ1v) is 5.67. The summed E-state index contributed by atoms with van der Waals surface area (Å²) in [4.78, 5) is 2.49. The Balaban J connectivity index is 2.18. The maximum absolute atomic E-state index is 3.54. The Kier molecular flexibility index (Phi) is 4.74. The highest BCUT2D eigenvalue weighted by atomic mass is 15.2. The molecule has 0 amide bonds. The minimum atomic E-state index is 0.743. The number of hydrogen-bond acceptors (Lipinski definition) is 2. The van der Waals surface area contributed by atoms with Crippen LogP contribution in [0.5, 0.6) is 0 Å². The maximum Gasteiger partial charge on any atom is 0.0195 e. The fourth-order valence-corrected chi connectivity index (χ4v) is 2.08. The van der Waals surface area contributed by atoms with Gasteiger partial charge in [0, 0.05) is 18.6 Å². The molecule has 0 bridgehead atoms. The normalized spacial score (nSPS) is 25.4. The van der Waals surface area contributed by atoms with Crippen LogP contribution in [0.2, 0.25) is 0 Å². The molecule has 1 N–H and O–H groups in total. The van der Waals surface area contributed by atoms with Crippen molar-refractivity contribution < 1.29 is 0 Å². The molecular weight excluding hydrogens is 160 g/mol. The van der Waals surface area contributed by atoms with Gasteiger partial charge in [0.2, 0.25) is 0 Å². The van der Waals surface area contributed by atoms with E-state index < -0.39 is 0 Å². The SMILES string of the molecule is CCCC(C)N(C)C[C@@H]1CCCN1. The second kappa shape index (κ2) is 5.61. The quantitative estimate of drug-likeness (QED) is 0.701. The van der Waals surface area contributed by atoms with Gasteiger partial charge in [-0.25, -0.2) is 0 Å². The van der Waals surface area contributed by atoms with E-state index in [2.05, 4.69) is 31.1 Å². The van der Waals surface area contributed by atoms with E-state index in [1.807, 2.05) is 0 Å². The molecule has 0 aromatic rings. The Labute approximate surface area is 82.7 Å². The Hall–Kier alpha value is -0.0800. The molecule has 2 heteroatoms. The van der Waals surface area contributed by atoms with Crippen LogP contribution in [0, 0.1) is 0 Å². The highest BCUT2D eigenvalue weighted by Gasteiger charge is 2.17. The molecule has 1 saturated heterocycles. The Morgan fingerprint density at radius 3 is 2.85 bits per heavy atom. The van der Waals surface area contributed by atoms with Crippen LogP contribution in [-0.4, -0.2) is 37.1 Å². The monoisotopic (exact) mass is 184 g/mol. The van der Waals surface area contributed by atoms with Crippen LogP contribution in [0.25, 0.3) is 0 Å². The summed E-state index contributed by atoms with van der Waals surface area (Å²) in [5.41, 5.74) is 0. The van der Waals surface area contributed by atoms with E-state index in [0.29, 0.717) is 0 Å². The summed E-state index contributed by atoms with van der Waals surface area (Å²) in [6.45, 7) is 7.04. The van der Waals surface area contributed by atoms with E-state index in [-0.39, 0.29) is 0 Å². The van der Waals surface area contributed by atoms with Gasteiger partial charge in [-0.05, 0) is 39.8 Å². The first kappa shape index (κ1) is 11.0. The van der Waals surface area contributed by atoms with Crippen LogP contribution in [-0.2, 0) is 0 Å². The summed E-state index contributed by atoms with van der Waals surface area (Å²) in [5, 5.41) is 3.54. The molecule has 1 aliphatic heterocycles. The summed E-state index contributed by atoms with van der Waals surface area (Å²) < 4.78 is 0. The molecule has 0 aliphatic carbocycles. The van der Waals surface area contributed by atoms with Crippen molar-refractivity contribution in [2.75, 3.05) is 20.1 Å². The molecule has 0 spiro atoms. The summed E-state index contributed by atoms with van der Waals surface area (Å²) >= 11 is 0. The molecule has 0 radical (unpaired) electrons. The standard InChI is InChI=1S/C11H24N2/c1-4-6-10(2)13(3)9-11-7-5-8-12-11/h10-12H,4-9H2,1-3H3/t10?,11-/m0/s1. The van der Waals surface area contributed by atoms with E-state index in [0.717, 1.165) is 12.1 Å². The third-order valence-electron chi connectivity index (χ3n) is 3.13. The van der Waals surface area contributed by atoms with E-state index in [4.69, 9.17) is 0 Å². The van der Waals surface area contributed by atoms with Gasteiger partial charge in [0.05, 0.1) is 0 Å². The van der Waals surface area contributed by atoms with Gasteiger partial charge < -0.3 is 10.2 Å². The first-order chi connectivity index (χ1) is 6.24. The first-order valence-electron chi connectivity index (χ1n) is 5.67. The number of rotatable bonds is 5. The number of likely N-dealkylation sites (N-methyl/N-ethyl adjacent to an activating group) is 1. The fraction of sp³-hybridized carbons (Fsp3) is 1.00. The lowest BCUT2D eigenvalue weighted by atomic mass is 10.1. The molecule has 0 aromatic heterocycles. The van der Waals surface area contributed by atoms with Crippen LogP contribution < -0.4 is 5.32 Å². The summed E-state index contributed by atoms with van der Waals surface area (Å²) in [6.07, 6.45) is 5.34. The lowest BCUT2D eigenvalue weighted by Gasteiger charge is -2.27. The van der Waals surface area contributed by atoms with Crippen LogP contribution in [0.3, 0.4) is 0 Å². The molecule has 2 nitrogen and oxygen atoms in total. The lowest BCUT2D eigenvalue weighted by molar-refractivity contribution is 0.224. The summed E-state index contributed by atoms with van der Waals surface area (Å²) in [6, 6.07) is 1.50. The number of hydrogen-bond donors (Lipinski definition) is 1. The molecule has 78 valence electrons. The van der Waals surface area contributed by atoms with Crippen molar-refractivity contribution in [1.82, 2.24) is 10.2 Å². The molecule has 1 fully saturated rings. The van der Waals surface area contributed by atoms with E-state index in [1.165, 1.54) is 38.8 Å². The van der Waals surface area contributed by atoms with Crippen molar-refractivity contribution in [2.45, 2.75) is 51.6 Å². The smallest absolute Gasteiger partial charge is 0.0195 e. The zero-order chi connectivity index (χ0) is 9.68. The lowest BCUT2D eigenvalue weighted by Crippen LogP contribution is -2.39. The highest BCUT2D eigenvalue weighted by Crippen LogP contribution is 2.10. The van der Waals surface area contributed by atoms with Gasteiger partial charge >= 0.3 is 0 Å². The number of nitrogens with one attached hydrogen (secondary N) is 1. The Morgan fingerprint density at radius 1 is 1.54 bits per heavy atom. The van der Waals surface area contributed by atoms with Gasteiger partial charge in [-0.1, -0.05) is 13.3 Å². The average molecular weight is 184 g/mol. The molecule has 1 rings (SSSR count). The van der Waals surface area contributed by atoms with Crippen molar-refractivity contribution in [3.05, 3.63) is 0 Å². The van der Waals surface area contributed by atoms with Gasteiger partial charge in [-0.2, -0.15) is 0 Å². The summed E-state index contributed by atoms with van der Waals surface area (Å²) in [5.74, 6) is 0. The zero-order valence-corrected chi connectivity index (χ0v) is 9.34. The van der Waals surface area contributed by atoms with Crippen LogP contribution >= 0.6 is 0 Å². The Bertz CT molecular complexity index is 130. The van der Waals surface area contributed by atoms with Gasteiger partial charge in [0.25, 0.3) is 0 Å². The van der Waals surface area contributed by atoms with Crippen LogP contribution in [0.15, 0.2) is 0 Å². The molecule has 0 aromatic carbocycles. The third kappa shape index (κ3) is 3.65. The van der Waals surface area contributed by atoms with Crippen LogP contribution in [0.4, 0.5) is 0 Å². The van der Waals surface area contributed by atoms with Gasteiger partial charge in [0.1, 0.15) is 0 Å². The molecule has 2 atom stereocenters. The van der Waals surface area contributed by atoms with E-state index >= 15 is 0 Å². The van der Waals surface area contributed by atoms with Crippen molar-refractivity contribution in [3.63, 3.8) is 0 Å². The molecule has 0 saturated carbocycles. The van der Waals surface area contributed by atoms with Crippen molar-refractivity contribution in [3.8, 4) is 0 Å². The summed E-state index contributed by atoms with van der Waals surface area (Å²) in [7, 11) is 2.25. The minimum Gasteiger partial charge on any atom is -0.313 e. The zero-order valence-electron chi connectivity index (χ0n) is 9.34. The second-order valence-electron chi connectivity index (χ2n) is 4.37. The van der Waals surface area contributed by atoms with Crippen molar-refractivity contribution >= 4 is 0 Å². The van der Waals surface area contributed by atoms with Gasteiger partial charge in [-0.15, -0.1) is 0 Å². The van der Waals surface area contributed by atoms with Crippen LogP contribution in [0.1, 0.15) is 39.5 Å². The van der Waals surface area contributed by atoms with Crippen molar-refractivity contribution in [2.24, 2.45) is 0 Å². The molecule has 1 heterocycles. The average Bonchev–Trinajstić information content (AvgIpc) is 2.57. The Morgan fingerprint density at radius 2 is 2.31 bits per heavy atom. The largest absolute Gasteiger partial charge is 0.313 e. The van der Waals surface area contributed by atoms with E-state index in [1.54, 1.807) is 0 Å². The predicted octanol–water partition coefficient (Wildman–Crippen LogP) is 1.86. The molecule has 1 aliphatic rings. The van der Waals surface area contributed by atoms with Crippen molar-refractivity contribution in [1.29, 1.82) is 0 Å². The number of nitrogens with zero attached hydrogens (tertiary/aromatic N) is 1. The van der Waals surface area contributed by atoms with Gasteiger partial charge in [-0.3, -0.25) is 0 Å². The topological polar surface area (TPSA) is 15.3 Å². The minimum absolute atomic E-state index is 0.743. The second-order valence-corrected chi connectivity index (χ2v) is 4.37. The maximum atomic E-state index is 3.54. The van der Waals surface area contributed by atoms with Gasteiger partial charge in [0.15, 0.2) is 0 Å². The fourth-order valence-electron chi connectivity index (χ4n) is 2.08. The highest BCUT2D eigenvalue weighted by molar-refractivity contribution is 4.78. The van der Waals surface area contributed by atoms with E-state index in [9.17, 15) is 0 Å².